The maximum absolute atomic E-state index is 11.5. The molecular weight excluding hydrogens is 200 g/mol. The van der Waals surface area contributed by atoms with E-state index in [1.807, 2.05) is 13.8 Å². The number of hydrogen-bond donors (Lipinski definition) is 1. The van der Waals surface area contributed by atoms with Crippen molar-refractivity contribution in [3.63, 3.8) is 0 Å². The number of aryl methyl sites for hydroxylation is 2. The summed E-state index contributed by atoms with van der Waals surface area (Å²) >= 11 is 5.93. The molecule has 78 valence electrons. The SMILES string of the molecule is CCCc1[nH]c(=O)c(CCC)nc1Cl. The van der Waals surface area contributed by atoms with E-state index in [1.54, 1.807) is 0 Å². The van der Waals surface area contributed by atoms with Crippen molar-refractivity contribution in [2.24, 2.45) is 0 Å². The van der Waals surface area contributed by atoms with Crippen LogP contribution in [0, 0.1) is 0 Å². The number of rotatable bonds is 4. The van der Waals surface area contributed by atoms with Crippen LogP contribution in [-0.4, -0.2) is 9.97 Å². The monoisotopic (exact) mass is 214 g/mol. The number of H-pyrrole nitrogens is 1. The molecule has 14 heavy (non-hydrogen) atoms. The Balaban J connectivity index is 3.04. The Morgan fingerprint density at radius 3 is 2.50 bits per heavy atom. The minimum absolute atomic E-state index is 0.0975. The second kappa shape index (κ2) is 5.15. The quantitative estimate of drug-likeness (QED) is 0.836. The minimum atomic E-state index is -0.0975. The van der Waals surface area contributed by atoms with Gasteiger partial charge in [0.25, 0.3) is 5.56 Å². The smallest absolute Gasteiger partial charge is 0.269 e. The molecule has 0 amide bonds. The predicted molar refractivity (Wildman–Crippen MR) is 57.9 cm³/mol. The molecule has 3 nitrogen and oxygen atoms in total. The van der Waals surface area contributed by atoms with Crippen molar-refractivity contribution in [1.29, 1.82) is 0 Å². The highest BCUT2D eigenvalue weighted by molar-refractivity contribution is 6.30. The lowest BCUT2D eigenvalue weighted by Gasteiger charge is -2.03. The lowest BCUT2D eigenvalue weighted by atomic mass is 10.2. The summed E-state index contributed by atoms with van der Waals surface area (Å²) in [5, 5.41) is 0.440. The molecule has 0 unspecified atom stereocenters. The third-order valence-corrected chi connectivity index (χ3v) is 2.31. The van der Waals surface area contributed by atoms with Gasteiger partial charge in [0, 0.05) is 0 Å². The first-order chi connectivity index (χ1) is 6.69. The average Bonchev–Trinajstić information content (AvgIpc) is 2.14. The van der Waals surface area contributed by atoms with Gasteiger partial charge in [-0.05, 0) is 12.8 Å². The van der Waals surface area contributed by atoms with Gasteiger partial charge in [-0.2, -0.15) is 0 Å². The summed E-state index contributed by atoms with van der Waals surface area (Å²) < 4.78 is 0. The molecule has 1 N–H and O–H groups in total. The number of hydrogen-bond acceptors (Lipinski definition) is 2. The molecule has 1 aromatic heterocycles. The van der Waals surface area contributed by atoms with E-state index in [-0.39, 0.29) is 5.56 Å². The Bertz CT molecular complexity index is 360. The summed E-state index contributed by atoms with van der Waals surface area (Å²) in [6.45, 7) is 4.05. The topological polar surface area (TPSA) is 45.8 Å². The molecule has 0 spiro atoms. The van der Waals surface area contributed by atoms with Gasteiger partial charge in [-0.1, -0.05) is 38.3 Å². The van der Waals surface area contributed by atoms with Crippen LogP contribution in [0.25, 0.3) is 0 Å². The number of nitrogens with one attached hydrogen (secondary N) is 1. The molecule has 0 aromatic carbocycles. The largest absolute Gasteiger partial charge is 0.322 e. The first-order valence-electron chi connectivity index (χ1n) is 4.96. The Morgan fingerprint density at radius 2 is 1.93 bits per heavy atom. The van der Waals surface area contributed by atoms with Crippen LogP contribution in [0.5, 0.6) is 0 Å². The summed E-state index contributed by atoms with van der Waals surface area (Å²) in [6, 6.07) is 0. The zero-order valence-corrected chi connectivity index (χ0v) is 9.32. The Morgan fingerprint density at radius 1 is 1.29 bits per heavy atom. The van der Waals surface area contributed by atoms with Crippen LogP contribution in [0.3, 0.4) is 0 Å². The molecule has 1 aromatic rings. The molecule has 0 saturated carbocycles. The highest BCUT2D eigenvalue weighted by atomic mass is 35.5. The number of halogens is 1. The molecule has 0 aliphatic carbocycles. The van der Waals surface area contributed by atoms with E-state index in [4.69, 9.17) is 11.6 Å². The van der Waals surface area contributed by atoms with Crippen LogP contribution >= 0.6 is 11.6 Å². The van der Waals surface area contributed by atoms with Gasteiger partial charge in [0.1, 0.15) is 10.8 Å². The van der Waals surface area contributed by atoms with Crippen LogP contribution in [0.15, 0.2) is 4.79 Å². The van der Waals surface area contributed by atoms with Gasteiger partial charge in [0.2, 0.25) is 0 Å². The maximum atomic E-state index is 11.5. The number of aromatic nitrogens is 2. The van der Waals surface area contributed by atoms with E-state index < -0.39 is 0 Å². The molecule has 0 saturated heterocycles. The van der Waals surface area contributed by atoms with Crippen molar-refractivity contribution in [3.05, 3.63) is 26.9 Å². The fourth-order valence-electron chi connectivity index (χ4n) is 1.32. The molecule has 4 heteroatoms. The third kappa shape index (κ3) is 2.58. The average molecular weight is 215 g/mol. The van der Waals surface area contributed by atoms with Gasteiger partial charge >= 0.3 is 0 Å². The molecule has 0 aliphatic heterocycles. The first kappa shape index (κ1) is 11.2. The van der Waals surface area contributed by atoms with Gasteiger partial charge in [-0.15, -0.1) is 0 Å². The Labute approximate surface area is 88.5 Å². The molecule has 0 bridgehead atoms. The minimum Gasteiger partial charge on any atom is -0.322 e. The van der Waals surface area contributed by atoms with Gasteiger partial charge in [-0.25, -0.2) is 4.98 Å². The van der Waals surface area contributed by atoms with Gasteiger partial charge in [0.15, 0.2) is 0 Å². The van der Waals surface area contributed by atoms with Gasteiger partial charge < -0.3 is 4.98 Å². The summed E-state index contributed by atoms with van der Waals surface area (Å²) in [6.07, 6.45) is 3.30. The van der Waals surface area contributed by atoms with Crippen LogP contribution in [0.2, 0.25) is 5.15 Å². The van der Waals surface area contributed by atoms with E-state index in [0.29, 0.717) is 17.3 Å². The summed E-state index contributed by atoms with van der Waals surface area (Å²) in [4.78, 5) is 18.4. The van der Waals surface area contributed by atoms with E-state index in [2.05, 4.69) is 9.97 Å². The second-order valence-electron chi connectivity index (χ2n) is 3.28. The maximum Gasteiger partial charge on any atom is 0.269 e. The zero-order chi connectivity index (χ0) is 10.6. The molecular formula is C10H15ClN2O. The van der Waals surface area contributed by atoms with Crippen molar-refractivity contribution in [1.82, 2.24) is 9.97 Å². The molecule has 0 radical (unpaired) electrons. The Kier molecular flexibility index (Phi) is 4.14. The second-order valence-corrected chi connectivity index (χ2v) is 3.64. The summed E-state index contributed by atoms with van der Waals surface area (Å²) in [5.74, 6) is 0. The fourth-order valence-corrected chi connectivity index (χ4v) is 1.56. The molecule has 0 fully saturated rings. The van der Waals surface area contributed by atoms with Crippen LogP contribution in [0.4, 0.5) is 0 Å². The van der Waals surface area contributed by atoms with Crippen molar-refractivity contribution in [3.8, 4) is 0 Å². The molecule has 0 atom stereocenters. The van der Waals surface area contributed by atoms with E-state index in [0.717, 1.165) is 25.0 Å². The normalized spacial score (nSPS) is 10.5. The highest BCUT2D eigenvalue weighted by Crippen LogP contribution is 2.10. The molecule has 1 heterocycles. The van der Waals surface area contributed by atoms with Crippen LogP contribution < -0.4 is 5.56 Å². The van der Waals surface area contributed by atoms with E-state index in [9.17, 15) is 4.79 Å². The van der Waals surface area contributed by atoms with Crippen LogP contribution in [0.1, 0.15) is 38.1 Å². The van der Waals surface area contributed by atoms with Crippen molar-refractivity contribution >= 4 is 11.6 Å². The van der Waals surface area contributed by atoms with Crippen LogP contribution in [-0.2, 0) is 12.8 Å². The van der Waals surface area contributed by atoms with E-state index in [1.165, 1.54) is 0 Å². The van der Waals surface area contributed by atoms with E-state index >= 15 is 0 Å². The van der Waals surface area contributed by atoms with Gasteiger partial charge in [0.05, 0.1) is 5.69 Å². The summed E-state index contributed by atoms with van der Waals surface area (Å²) in [5.41, 5.74) is 1.19. The fraction of sp³-hybridized carbons (Fsp3) is 0.600. The predicted octanol–water partition coefficient (Wildman–Crippen LogP) is 2.33. The Hall–Kier alpha value is -0.830. The first-order valence-corrected chi connectivity index (χ1v) is 5.34. The molecule has 0 aliphatic rings. The number of nitrogens with zero attached hydrogens (tertiary/aromatic N) is 1. The van der Waals surface area contributed by atoms with Crippen molar-refractivity contribution in [2.75, 3.05) is 0 Å². The lowest BCUT2D eigenvalue weighted by Crippen LogP contribution is -2.17. The van der Waals surface area contributed by atoms with Crippen molar-refractivity contribution in [2.45, 2.75) is 39.5 Å². The standard InChI is InChI=1S/C10H15ClN2O/c1-3-5-7-9(11)12-8(6-4-2)10(14)13-7/h3-6H2,1-2H3,(H,13,14). The highest BCUT2D eigenvalue weighted by Gasteiger charge is 2.07. The van der Waals surface area contributed by atoms with Gasteiger partial charge in [-0.3, -0.25) is 4.79 Å². The third-order valence-electron chi connectivity index (χ3n) is 2.00. The zero-order valence-electron chi connectivity index (χ0n) is 8.56. The summed E-state index contributed by atoms with van der Waals surface area (Å²) in [7, 11) is 0. The lowest BCUT2D eigenvalue weighted by molar-refractivity contribution is 0.812. The molecule has 1 rings (SSSR count). The van der Waals surface area contributed by atoms with Crippen molar-refractivity contribution < 1.29 is 0 Å². The number of aromatic amines is 1.